The van der Waals surface area contributed by atoms with Crippen LogP contribution in [0.15, 0.2) is 0 Å². The molecule has 1 N–H and O–H groups in total. The Morgan fingerprint density at radius 2 is 1.77 bits per heavy atom. The van der Waals surface area contributed by atoms with E-state index in [1.807, 2.05) is 0 Å². The molecule has 1 aliphatic heterocycles. The van der Waals surface area contributed by atoms with Gasteiger partial charge in [0.2, 0.25) is 0 Å². The molecule has 2 nitrogen and oxygen atoms in total. The van der Waals surface area contributed by atoms with Gasteiger partial charge in [0.15, 0.2) is 0 Å². The molecule has 13 heavy (non-hydrogen) atoms. The summed E-state index contributed by atoms with van der Waals surface area (Å²) in [4.78, 5) is 2.67. The standard InChI is InChI=1S/C11H22N2/c1-6-12-7-2-9-13(8-1)10-5-11-3-4-11/h11-12H,1-10H2. The summed E-state index contributed by atoms with van der Waals surface area (Å²) in [5.41, 5.74) is 0. The molecule has 1 saturated heterocycles. The molecule has 0 radical (unpaired) electrons. The third-order valence-corrected chi connectivity index (χ3v) is 3.21. The van der Waals surface area contributed by atoms with E-state index in [-0.39, 0.29) is 0 Å². The average molecular weight is 182 g/mol. The topological polar surface area (TPSA) is 15.3 Å². The van der Waals surface area contributed by atoms with E-state index in [1.165, 1.54) is 64.8 Å². The lowest BCUT2D eigenvalue weighted by Crippen LogP contribution is -2.34. The van der Waals surface area contributed by atoms with Crippen molar-refractivity contribution in [3.63, 3.8) is 0 Å². The van der Waals surface area contributed by atoms with Crippen molar-refractivity contribution in [2.24, 2.45) is 5.92 Å². The van der Waals surface area contributed by atoms with Gasteiger partial charge in [-0.1, -0.05) is 12.8 Å². The highest BCUT2D eigenvalue weighted by molar-refractivity contribution is 4.75. The molecule has 76 valence electrons. The molecule has 0 bridgehead atoms. The molecule has 2 aliphatic rings. The van der Waals surface area contributed by atoms with Crippen molar-refractivity contribution < 1.29 is 0 Å². The maximum atomic E-state index is 3.46. The van der Waals surface area contributed by atoms with Crippen molar-refractivity contribution in [3.8, 4) is 0 Å². The van der Waals surface area contributed by atoms with Gasteiger partial charge >= 0.3 is 0 Å². The van der Waals surface area contributed by atoms with E-state index in [0.29, 0.717) is 0 Å². The minimum atomic E-state index is 1.10. The van der Waals surface area contributed by atoms with E-state index in [9.17, 15) is 0 Å². The average Bonchev–Trinajstić information content (AvgIpc) is 2.85. The van der Waals surface area contributed by atoms with Crippen LogP contribution < -0.4 is 5.32 Å². The second-order valence-electron chi connectivity index (χ2n) is 4.53. The highest BCUT2D eigenvalue weighted by atomic mass is 15.1. The Balaban J connectivity index is 1.62. The van der Waals surface area contributed by atoms with Gasteiger partial charge < -0.3 is 10.2 Å². The summed E-state index contributed by atoms with van der Waals surface area (Å²) in [6.45, 7) is 6.45. The predicted molar refractivity (Wildman–Crippen MR) is 55.9 cm³/mol. The molecule has 0 aromatic carbocycles. The molecule has 0 aromatic heterocycles. The lowest BCUT2D eigenvalue weighted by atomic mass is 10.2. The van der Waals surface area contributed by atoms with Crippen LogP contribution in [0.4, 0.5) is 0 Å². The molecule has 1 heterocycles. The molecule has 1 aliphatic carbocycles. The van der Waals surface area contributed by atoms with Crippen molar-refractivity contribution in [2.75, 3.05) is 32.7 Å². The SMILES string of the molecule is C1CNCCCN(CCC2CC2)C1. The van der Waals surface area contributed by atoms with E-state index in [0.717, 1.165) is 5.92 Å². The molecule has 2 heteroatoms. The smallest absolute Gasteiger partial charge is 0.000663 e. The number of hydrogen-bond acceptors (Lipinski definition) is 2. The van der Waals surface area contributed by atoms with E-state index >= 15 is 0 Å². The number of rotatable bonds is 3. The van der Waals surface area contributed by atoms with Gasteiger partial charge in [-0.15, -0.1) is 0 Å². The summed E-state index contributed by atoms with van der Waals surface area (Å²) in [5, 5.41) is 3.46. The Morgan fingerprint density at radius 1 is 1.08 bits per heavy atom. The van der Waals surface area contributed by atoms with Gasteiger partial charge in [-0.05, 0) is 57.9 Å². The summed E-state index contributed by atoms with van der Waals surface area (Å²) in [5.74, 6) is 1.10. The van der Waals surface area contributed by atoms with Gasteiger partial charge in [-0.3, -0.25) is 0 Å². The highest BCUT2D eigenvalue weighted by Crippen LogP contribution is 2.32. The van der Waals surface area contributed by atoms with Crippen molar-refractivity contribution in [1.82, 2.24) is 10.2 Å². The fraction of sp³-hybridized carbons (Fsp3) is 1.00. The zero-order chi connectivity index (χ0) is 8.93. The van der Waals surface area contributed by atoms with E-state index in [1.54, 1.807) is 0 Å². The quantitative estimate of drug-likeness (QED) is 0.711. The number of nitrogens with one attached hydrogen (secondary N) is 1. The zero-order valence-corrected chi connectivity index (χ0v) is 8.60. The fourth-order valence-corrected chi connectivity index (χ4v) is 2.09. The molecule has 0 atom stereocenters. The Kier molecular flexibility index (Phi) is 3.62. The maximum absolute atomic E-state index is 3.46. The summed E-state index contributed by atoms with van der Waals surface area (Å²) >= 11 is 0. The second kappa shape index (κ2) is 4.97. The molecule has 0 aromatic rings. The summed E-state index contributed by atoms with van der Waals surface area (Å²) in [7, 11) is 0. The molecular formula is C11H22N2. The largest absolute Gasteiger partial charge is 0.317 e. The Morgan fingerprint density at radius 3 is 2.38 bits per heavy atom. The minimum absolute atomic E-state index is 1.10. The maximum Gasteiger partial charge on any atom is -0.000663 e. The van der Waals surface area contributed by atoms with Gasteiger partial charge in [-0.25, -0.2) is 0 Å². The van der Waals surface area contributed by atoms with E-state index < -0.39 is 0 Å². The molecule has 0 spiro atoms. The van der Waals surface area contributed by atoms with Gasteiger partial charge in [0, 0.05) is 0 Å². The zero-order valence-electron chi connectivity index (χ0n) is 8.60. The summed E-state index contributed by atoms with van der Waals surface area (Å²) < 4.78 is 0. The van der Waals surface area contributed by atoms with Crippen LogP contribution in [-0.2, 0) is 0 Å². The van der Waals surface area contributed by atoms with Crippen molar-refractivity contribution in [1.29, 1.82) is 0 Å². The first-order valence-corrected chi connectivity index (χ1v) is 5.88. The highest BCUT2D eigenvalue weighted by Gasteiger charge is 2.21. The molecular weight excluding hydrogens is 160 g/mol. The van der Waals surface area contributed by atoms with Crippen molar-refractivity contribution in [3.05, 3.63) is 0 Å². The molecule has 0 unspecified atom stereocenters. The van der Waals surface area contributed by atoms with Gasteiger partial charge in [0.1, 0.15) is 0 Å². The van der Waals surface area contributed by atoms with Crippen LogP contribution >= 0.6 is 0 Å². The summed E-state index contributed by atoms with van der Waals surface area (Å²) in [6.07, 6.45) is 7.16. The van der Waals surface area contributed by atoms with Crippen LogP contribution in [0.25, 0.3) is 0 Å². The first-order valence-electron chi connectivity index (χ1n) is 5.88. The Bertz CT molecular complexity index is 135. The van der Waals surface area contributed by atoms with Gasteiger partial charge in [-0.2, -0.15) is 0 Å². The van der Waals surface area contributed by atoms with Crippen LogP contribution in [0.5, 0.6) is 0 Å². The predicted octanol–water partition coefficient (Wildman–Crippen LogP) is 1.47. The van der Waals surface area contributed by atoms with Crippen LogP contribution in [-0.4, -0.2) is 37.6 Å². The van der Waals surface area contributed by atoms with Crippen LogP contribution in [0, 0.1) is 5.92 Å². The Hall–Kier alpha value is -0.0800. The van der Waals surface area contributed by atoms with Crippen molar-refractivity contribution in [2.45, 2.75) is 32.1 Å². The first kappa shape index (κ1) is 9.47. The third-order valence-electron chi connectivity index (χ3n) is 3.21. The summed E-state index contributed by atoms with van der Waals surface area (Å²) in [6, 6.07) is 0. The fourth-order valence-electron chi connectivity index (χ4n) is 2.09. The van der Waals surface area contributed by atoms with Crippen LogP contribution in [0.2, 0.25) is 0 Å². The molecule has 2 fully saturated rings. The molecule has 1 saturated carbocycles. The van der Waals surface area contributed by atoms with Crippen molar-refractivity contribution >= 4 is 0 Å². The lowest BCUT2D eigenvalue weighted by molar-refractivity contribution is 0.245. The number of nitrogens with zero attached hydrogens (tertiary/aromatic N) is 1. The third kappa shape index (κ3) is 3.65. The monoisotopic (exact) mass is 182 g/mol. The first-order chi connectivity index (χ1) is 6.45. The number of hydrogen-bond donors (Lipinski definition) is 1. The molecule has 2 rings (SSSR count). The van der Waals surface area contributed by atoms with Crippen LogP contribution in [0.1, 0.15) is 32.1 Å². The van der Waals surface area contributed by atoms with Gasteiger partial charge in [0.05, 0.1) is 0 Å². The Labute approximate surface area is 81.7 Å². The van der Waals surface area contributed by atoms with E-state index in [4.69, 9.17) is 0 Å². The van der Waals surface area contributed by atoms with Crippen LogP contribution in [0.3, 0.4) is 0 Å². The lowest BCUT2D eigenvalue weighted by Gasteiger charge is -2.24. The molecule has 0 amide bonds. The second-order valence-corrected chi connectivity index (χ2v) is 4.53. The minimum Gasteiger partial charge on any atom is -0.317 e. The van der Waals surface area contributed by atoms with E-state index in [2.05, 4.69) is 10.2 Å². The van der Waals surface area contributed by atoms with Gasteiger partial charge in [0.25, 0.3) is 0 Å². The normalized spacial score (nSPS) is 26.8.